The van der Waals surface area contributed by atoms with Crippen LogP contribution in [0.2, 0.25) is 0 Å². The van der Waals surface area contributed by atoms with E-state index in [9.17, 15) is 4.79 Å². The molecule has 1 aliphatic rings. The highest BCUT2D eigenvalue weighted by Crippen LogP contribution is 2.50. The van der Waals surface area contributed by atoms with Crippen LogP contribution in [0.4, 0.5) is 0 Å². The molecule has 142 valence electrons. The molecular weight excluding hydrogens is 336 g/mol. The number of carbonyl (C=O) groups excluding carboxylic acids is 1. The quantitative estimate of drug-likeness (QED) is 0.715. The van der Waals surface area contributed by atoms with Gasteiger partial charge in [0.1, 0.15) is 5.54 Å². The minimum absolute atomic E-state index is 0. The van der Waals surface area contributed by atoms with Gasteiger partial charge in [0, 0.05) is 32.0 Å². The van der Waals surface area contributed by atoms with Crippen LogP contribution in [0.3, 0.4) is 0 Å². The number of halogens is 1. The summed E-state index contributed by atoms with van der Waals surface area (Å²) in [5.74, 6) is 0.0446. The van der Waals surface area contributed by atoms with Crippen molar-refractivity contribution in [1.29, 1.82) is 0 Å². The monoisotopic (exact) mass is 368 g/mol. The van der Waals surface area contributed by atoms with Crippen LogP contribution < -0.4 is 5.73 Å². The molecule has 1 aromatic rings. The molecule has 2 rings (SSSR count). The van der Waals surface area contributed by atoms with Crippen molar-refractivity contribution in [1.82, 2.24) is 4.90 Å². The minimum Gasteiger partial charge on any atom is -0.378 e. The fraction of sp³-hybridized carbons (Fsp3) is 0.650. The normalized spacial score (nSPS) is 24.1. The average molecular weight is 369 g/mol. The van der Waals surface area contributed by atoms with Crippen LogP contribution in [-0.2, 0) is 16.0 Å². The highest BCUT2D eigenvalue weighted by Gasteiger charge is 2.63. The summed E-state index contributed by atoms with van der Waals surface area (Å²) in [7, 11) is 1.86. The topological polar surface area (TPSA) is 55.6 Å². The molecule has 1 aliphatic carbocycles. The zero-order valence-electron chi connectivity index (χ0n) is 16.0. The van der Waals surface area contributed by atoms with Crippen molar-refractivity contribution in [3.05, 3.63) is 35.9 Å². The zero-order valence-corrected chi connectivity index (χ0v) is 16.8. The molecule has 1 fully saturated rings. The second-order valence-corrected chi connectivity index (χ2v) is 7.51. The fourth-order valence-electron chi connectivity index (χ4n) is 3.56. The molecule has 0 aliphatic heterocycles. The van der Waals surface area contributed by atoms with Gasteiger partial charge in [-0.05, 0) is 31.7 Å². The van der Waals surface area contributed by atoms with E-state index in [2.05, 4.69) is 24.3 Å². The van der Waals surface area contributed by atoms with E-state index in [1.807, 2.05) is 33.9 Å². The van der Waals surface area contributed by atoms with Gasteiger partial charge in [-0.25, -0.2) is 0 Å². The van der Waals surface area contributed by atoms with Crippen molar-refractivity contribution in [2.45, 2.75) is 58.1 Å². The number of rotatable bonds is 8. The van der Waals surface area contributed by atoms with Gasteiger partial charge in [-0.15, -0.1) is 12.4 Å². The number of unbranched alkanes of at least 4 members (excludes halogenated alkanes) is 1. The maximum atomic E-state index is 12.8. The summed E-state index contributed by atoms with van der Waals surface area (Å²) < 4.78 is 5.72. The third kappa shape index (κ3) is 4.55. The van der Waals surface area contributed by atoms with E-state index < -0.39 is 5.54 Å². The van der Waals surface area contributed by atoms with Crippen molar-refractivity contribution in [2.75, 3.05) is 20.2 Å². The summed E-state index contributed by atoms with van der Waals surface area (Å²) in [6.07, 6.45) is 3.80. The molecule has 5 heteroatoms. The number of amides is 1. The predicted molar refractivity (Wildman–Crippen MR) is 105 cm³/mol. The lowest BCUT2D eigenvalue weighted by atomic mass is 9.54. The molecule has 0 aromatic heterocycles. The number of nitrogens with zero attached hydrogens (tertiary/aromatic N) is 1. The Kier molecular flexibility index (Phi) is 7.91. The highest BCUT2D eigenvalue weighted by atomic mass is 35.5. The Morgan fingerprint density at radius 3 is 2.48 bits per heavy atom. The fourth-order valence-corrected chi connectivity index (χ4v) is 3.56. The smallest absolute Gasteiger partial charge is 0.243 e. The number of hydrogen-bond acceptors (Lipinski definition) is 3. The minimum atomic E-state index is -0.805. The van der Waals surface area contributed by atoms with Crippen molar-refractivity contribution < 1.29 is 9.53 Å². The van der Waals surface area contributed by atoms with Crippen LogP contribution in [-0.4, -0.2) is 42.6 Å². The Hall–Kier alpha value is -1.10. The summed E-state index contributed by atoms with van der Waals surface area (Å²) in [5.41, 5.74) is 6.69. The summed E-state index contributed by atoms with van der Waals surface area (Å²) in [4.78, 5) is 14.6. The third-order valence-electron chi connectivity index (χ3n) is 5.61. The Morgan fingerprint density at radius 1 is 1.28 bits per heavy atom. The Balaban J connectivity index is 0.00000312. The number of ether oxygens (including phenoxy) is 1. The first-order valence-corrected chi connectivity index (χ1v) is 9.03. The van der Waals surface area contributed by atoms with Crippen molar-refractivity contribution in [2.24, 2.45) is 11.1 Å². The first-order valence-electron chi connectivity index (χ1n) is 9.03. The largest absolute Gasteiger partial charge is 0.378 e. The molecule has 0 bridgehead atoms. The summed E-state index contributed by atoms with van der Waals surface area (Å²) >= 11 is 0. The molecule has 25 heavy (non-hydrogen) atoms. The van der Waals surface area contributed by atoms with E-state index >= 15 is 0 Å². The van der Waals surface area contributed by atoms with Gasteiger partial charge in [-0.3, -0.25) is 4.79 Å². The first-order chi connectivity index (χ1) is 11.3. The van der Waals surface area contributed by atoms with Gasteiger partial charge < -0.3 is 15.4 Å². The second-order valence-electron chi connectivity index (χ2n) is 7.51. The van der Waals surface area contributed by atoms with Crippen molar-refractivity contribution in [3.63, 3.8) is 0 Å². The van der Waals surface area contributed by atoms with Gasteiger partial charge in [0.25, 0.3) is 0 Å². The molecule has 0 saturated heterocycles. The number of likely N-dealkylation sites (N-methyl/N-ethyl adjacent to an activating group) is 1. The SMILES string of the molecule is CCOC1CC(N)(C(=O)N(C)CCCCc2ccccc2)C1(C)C.Cl. The number of aryl methyl sites for hydroxylation is 1. The van der Waals surface area contributed by atoms with Gasteiger partial charge in [-0.1, -0.05) is 44.2 Å². The number of carbonyl (C=O) groups is 1. The van der Waals surface area contributed by atoms with Crippen LogP contribution in [0.25, 0.3) is 0 Å². The van der Waals surface area contributed by atoms with Gasteiger partial charge in [-0.2, -0.15) is 0 Å². The molecule has 0 radical (unpaired) electrons. The Bertz CT molecular complexity index is 550. The maximum absolute atomic E-state index is 12.8. The summed E-state index contributed by atoms with van der Waals surface area (Å²) in [5, 5.41) is 0. The molecule has 0 spiro atoms. The van der Waals surface area contributed by atoms with Crippen LogP contribution in [0, 0.1) is 5.41 Å². The van der Waals surface area contributed by atoms with Gasteiger partial charge in [0.2, 0.25) is 5.91 Å². The lowest BCUT2D eigenvalue weighted by molar-refractivity contribution is -0.178. The average Bonchev–Trinajstić information content (AvgIpc) is 2.58. The maximum Gasteiger partial charge on any atom is 0.243 e. The third-order valence-corrected chi connectivity index (χ3v) is 5.61. The van der Waals surface area contributed by atoms with Crippen LogP contribution >= 0.6 is 12.4 Å². The van der Waals surface area contributed by atoms with Crippen LogP contribution in [0.1, 0.15) is 45.6 Å². The zero-order chi connectivity index (χ0) is 17.8. The standard InChI is InChI=1S/C20H32N2O2.ClH/c1-5-24-17-15-20(21,19(17,2)3)18(23)22(4)14-10-9-13-16-11-7-6-8-12-16;/h6-8,11-12,17H,5,9-10,13-15,21H2,1-4H3;1H. The lowest BCUT2D eigenvalue weighted by Crippen LogP contribution is -2.75. The molecule has 2 N–H and O–H groups in total. The molecule has 1 aromatic carbocycles. The second kappa shape index (κ2) is 9.02. The van der Waals surface area contributed by atoms with Crippen molar-refractivity contribution >= 4 is 18.3 Å². The van der Waals surface area contributed by atoms with Crippen LogP contribution in [0.15, 0.2) is 30.3 Å². The highest BCUT2D eigenvalue weighted by molar-refractivity contribution is 5.88. The van der Waals surface area contributed by atoms with E-state index in [1.165, 1.54) is 5.56 Å². The van der Waals surface area contributed by atoms with E-state index in [0.717, 1.165) is 25.8 Å². The molecule has 4 nitrogen and oxygen atoms in total. The molecule has 0 heterocycles. The molecule has 1 amide bonds. The molecule has 2 unspecified atom stereocenters. The van der Waals surface area contributed by atoms with Gasteiger partial charge >= 0.3 is 0 Å². The molecule has 1 saturated carbocycles. The van der Waals surface area contributed by atoms with E-state index in [0.29, 0.717) is 13.0 Å². The summed E-state index contributed by atoms with van der Waals surface area (Å²) in [6.45, 7) is 7.47. The van der Waals surface area contributed by atoms with Crippen molar-refractivity contribution in [3.8, 4) is 0 Å². The van der Waals surface area contributed by atoms with Gasteiger partial charge in [0.15, 0.2) is 0 Å². The van der Waals surface area contributed by atoms with E-state index in [1.54, 1.807) is 4.90 Å². The molecule has 2 atom stereocenters. The molecular formula is C20H33ClN2O2. The Labute approximate surface area is 158 Å². The number of benzene rings is 1. The predicted octanol–water partition coefficient (Wildman–Crippen LogP) is 3.42. The number of hydrogen-bond donors (Lipinski definition) is 1. The Morgan fingerprint density at radius 2 is 1.92 bits per heavy atom. The van der Waals surface area contributed by atoms with Gasteiger partial charge in [0.05, 0.1) is 6.10 Å². The van der Waals surface area contributed by atoms with E-state index in [-0.39, 0.29) is 29.8 Å². The summed E-state index contributed by atoms with van der Waals surface area (Å²) in [6, 6.07) is 10.5. The lowest BCUT2D eigenvalue weighted by Gasteiger charge is -2.58. The van der Waals surface area contributed by atoms with Crippen LogP contribution in [0.5, 0.6) is 0 Å². The first kappa shape index (κ1) is 21.9. The van der Waals surface area contributed by atoms with E-state index in [4.69, 9.17) is 10.5 Å². The number of nitrogens with two attached hydrogens (primary N) is 1.